The Morgan fingerprint density at radius 3 is 2.75 bits per heavy atom. The molecule has 0 aromatic heterocycles. The second-order valence-corrected chi connectivity index (χ2v) is 4.20. The van der Waals surface area contributed by atoms with Gasteiger partial charge >= 0.3 is 5.97 Å². The Kier molecular flexibility index (Phi) is 2.58. The summed E-state index contributed by atoms with van der Waals surface area (Å²) in [7, 11) is 1.51. The van der Waals surface area contributed by atoms with Crippen molar-refractivity contribution in [3.63, 3.8) is 0 Å². The molecule has 2 rings (SSSR count). The van der Waals surface area contributed by atoms with Gasteiger partial charge in [-0.05, 0) is 31.0 Å². The summed E-state index contributed by atoms with van der Waals surface area (Å²) in [5.74, 6) is -0.642. The van der Waals surface area contributed by atoms with E-state index < -0.39 is 11.4 Å². The predicted octanol–water partition coefficient (Wildman–Crippen LogP) is 2.34. The minimum absolute atomic E-state index is 0.0345. The number of ether oxygens (including phenoxy) is 1. The molecule has 0 atom stereocenters. The molecule has 0 heterocycles. The van der Waals surface area contributed by atoms with E-state index in [-0.39, 0.29) is 12.2 Å². The molecule has 0 bridgehead atoms. The number of carbonyl (C=O) groups is 1. The molecule has 86 valence electrons. The topological polar surface area (TPSA) is 46.5 Å². The number of hydrogen-bond donors (Lipinski definition) is 1. The molecule has 4 heteroatoms. The van der Waals surface area contributed by atoms with Crippen molar-refractivity contribution in [3.8, 4) is 5.75 Å². The number of methoxy groups -OCH3 is 1. The van der Waals surface area contributed by atoms with E-state index in [1.165, 1.54) is 19.2 Å². The molecular formula is C12H13FO3. The van der Waals surface area contributed by atoms with Gasteiger partial charge in [-0.1, -0.05) is 0 Å². The second-order valence-electron chi connectivity index (χ2n) is 4.20. The minimum Gasteiger partial charge on any atom is -0.496 e. The molecule has 1 aromatic carbocycles. The minimum atomic E-state index is -0.858. The number of carboxylic acid groups (broad SMARTS) is 1. The van der Waals surface area contributed by atoms with Crippen LogP contribution >= 0.6 is 0 Å². The van der Waals surface area contributed by atoms with Gasteiger partial charge in [0.15, 0.2) is 0 Å². The molecule has 1 N–H and O–H groups in total. The zero-order valence-electron chi connectivity index (χ0n) is 9.00. The molecule has 0 radical (unpaired) electrons. The van der Waals surface area contributed by atoms with E-state index >= 15 is 0 Å². The summed E-state index contributed by atoms with van der Waals surface area (Å²) < 4.78 is 18.3. The van der Waals surface area contributed by atoms with Crippen molar-refractivity contribution < 1.29 is 19.0 Å². The second kappa shape index (κ2) is 3.77. The van der Waals surface area contributed by atoms with Crippen LogP contribution in [0.5, 0.6) is 5.75 Å². The fourth-order valence-corrected chi connectivity index (χ4v) is 2.08. The Bertz CT molecular complexity index is 424. The highest BCUT2D eigenvalue weighted by Gasteiger charge is 2.47. The molecule has 1 aliphatic rings. The van der Waals surface area contributed by atoms with Crippen LogP contribution in [0.15, 0.2) is 18.2 Å². The van der Waals surface area contributed by atoms with Crippen molar-refractivity contribution in [3.05, 3.63) is 29.6 Å². The Balaban J connectivity index is 2.38. The molecule has 1 aliphatic carbocycles. The number of halogens is 1. The molecule has 0 unspecified atom stereocenters. The lowest BCUT2D eigenvalue weighted by Crippen LogP contribution is -2.14. The number of carboxylic acids is 1. The fourth-order valence-electron chi connectivity index (χ4n) is 2.08. The smallest absolute Gasteiger partial charge is 0.304 e. The van der Waals surface area contributed by atoms with Crippen LogP contribution in [0.3, 0.4) is 0 Å². The van der Waals surface area contributed by atoms with Crippen LogP contribution in [-0.2, 0) is 10.2 Å². The SMILES string of the molecule is COc1ccc(F)cc1C1(CC(=O)O)CC1. The first-order valence-electron chi connectivity index (χ1n) is 5.13. The Hall–Kier alpha value is -1.58. The van der Waals surface area contributed by atoms with Crippen LogP contribution in [0.25, 0.3) is 0 Å². The lowest BCUT2D eigenvalue weighted by Gasteiger charge is -2.16. The molecule has 1 fully saturated rings. The third-order valence-corrected chi connectivity index (χ3v) is 3.08. The molecular weight excluding hydrogens is 211 g/mol. The number of rotatable bonds is 4. The van der Waals surface area contributed by atoms with Gasteiger partial charge in [0.2, 0.25) is 0 Å². The summed E-state index contributed by atoms with van der Waals surface area (Å²) in [6, 6.07) is 4.25. The summed E-state index contributed by atoms with van der Waals surface area (Å²) in [6.07, 6.45) is 1.59. The summed E-state index contributed by atoms with van der Waals surface area (Å²) in [6.45, 7) is 0. The largest absolute Gasteiger partial charge is 0.496 e. The normalized spacial score (nSPS) is 16.9. The summed E-state index contributed by atoms with van der Waals surface area (Å²) in [5, 5.41) is 8.85. The molecule has 0 saturated heterocycles. The highest BCUT2D eigenvalue weighted by atomic mass is 19.1. The number of hydrogen-bond acceptors (Lipinski definition) is 2. The molecule has 0 amide bonds. The fraction of sp³-hybridized carbons (Fsp3) is 0.417. The summed E-state index contributed by atoms with van der Waals surface area (Å²) in [4.78, 5) is 10.8. The molecule has 1 aromatic rings. The monoisotopic (exact) mass is 224 g/mol. The zero-order valence-corrected chi connectivity index (χ0v) is 9.00. The Morgan fingerprint density at radius 1 is 1.56 bits per heavy atom. The van der Waals surface area contributed by atoms with Crippen LogP contribution in [0, 0.1) is 5.82 Å². The quantitative estimate of drug-likeness (QED) is 0.853. The van der Waals surface area contributed by atoms with Gasteiger partial charge in [-0.25, -0.2) is 4.39 Å². The first-order chi connectivity index (χ1) is 7.57. The predicted molar refractivity (Wildman–Crippen MR) is 56.1 cm³/mol. The van der Waals surface area contributed by atoms with Gasteiger partial charge in [-0.3, -0.25) is 4.79 Å². The molecule has 0 spiro atoms. The average Bonchev–Trinajstić information content (AvgIpc) is 2.98. The van der Waals surface area contributed by atoms with E-state index in [0.29, 0.717) is 11.3 Å². The van der Waals surface area contributed by atoms with Crippen molar-refractivity contribution >= 4 is 5.97 Å². The van der Waals surface area contributed by atoms with Crippen molar-refractivity contribution in [2.45, 2.75) is 24.7 Å². The van der Waals surface area contributed by atoms with Gasteiger partial charge in [0.05, 0.1) is 13.5 Å². The lowest BCUT2D eigenvalue weighted by atomic mass is 9.91. The summed E-state index contributed by atoms with van der Waals surface area (Å²) in [5.41, 5.74) is 0.261. The maximum absolute atomic E-state index is 13.2. The molecule has 16 heavy (non-hydrogen) atoms. The van der Waals surface area contributed by atoms with Gasteiger partial charge in [0.1, 0.15) is 11.6 Å². The van der Waals surface area contributed by atoms with Crippen LogP contribution < -0.4 is 4.74 Å². The molecule has 1 saturated carbocycles. The van der Waals surface area contributed by atoms with Crippen LogP contribution in [0.1, 0.15) is 24.8 Å². The van der Waals surface area contributed by atoms with E-state index in [2.05, 4.69) is 0 Å². The van der Waals surface area contributed by atoms with Gasteiger partial charge in [0.25, 0.3) is 0 Å². The van der Waals surface area contributed by atoms with Crippen molar-refractivity contribution in [2.24, 2.45) is 0 Å². The van der Waals surface area contributed by atoms with Gasteiger partial charge in [0, 0.05) is 11.0 Å². The average molecular weight is 224 g/mol. The lowest BCUT2D eigenvalue weighted by molar-refractivity contribution is -0.137. The van der Waals surface area contributed by atoms with Gasteiger partial charge in [-0.2, -0.15) is 0 Å². The van der Waals surface area contributed by atoms with E-state index in [1.54, 1.807) is 6.07 Å². The Morgan fingerprint density at radius 2 is 2.25 bits per heavy atom. The first kappa shape index (κ1) is 10.9. The van der Waals surface area contributed by atoms with Crippen molar-refractivity contribution in [2.75, 3.05) is 7.11 Å². The number of aliphatic carboxylic acids is 1. The maximum Gasteiger partial charge on any atom is 0.304 e. The molecule has 3 nitrogen and oxygen atoms in total. The molecule has 0 aliphatic heterocycles. The standard InChI is InChI=1S/C12H13FO3/c1-16-10-3-2-8(13)6-9(10)12(4-5-12)7-11(14)15/h2-3,6H,4-5,7H2,1H3,(H,14,15). The summed E-state index contributed by atoms with van der Waals surface area (Å²) >= 11 is 0. The maximum atomic E-state index is 13.2. The highest BCUT2D eigenvalue weighted by Crippen LogP contribution is 2.53. The van der Waals surface area contributed by atoms with E-state index in [9.17, 15) is 9.18 Å². The van der Waals surface area contributed by atoms with Crippen LogP contribution in [-0.4, -0.2) is 18.2 Å². The van der Waals surface area contributed by atoms with E-state index in [4.69, 9.17) is 9.84 Å². The van der Waals surface area contributed by atoms with Crippen LogP contribution in [0.4, 0.5) is 4.39 Å². The van der Waals surface area contributed by atoms with Crippen molar-refractivity contribution in [1.82, 2.24) is 0 Å². The van der Waals surface area contributed by atoms with Crippen LogP contribution in [0.2, 0.25) is 0 Å². The van der Waals surface area contributed by atoms with E-state index in [1.807, 2.05) is 0 Å². The third-order valence-electron chi connectivity index (χ3n) is 3.08. The number of benzene rings is 1. The van der Waals surface area contributed by atoms with E-state index in [0.717, 1.165) is 12.8 Å². The Labute approximate surface area is 92.9 Å². The first-order valence-corrected chi connectivity index (χ1v) is 5.13. The third kappa shape index (κ3) is 1.87. The van der Waals surface area contributed by atoms with Gasteiger partial charge in [-0.15, -0.1) is 0 Å². The highest BCUT2D eigenvalue weighted by molar-refractivity contribution is 5.70. The van der Waals surface area contributed by atoms with Gasteiger partial charge < -0.3 is 9.84 Å². The van der Waals surface area contributed by atoms with Crippen molar-refractivity contribution in [1.29, 1.82) is 0 Å². The zero-order chi connectivity index (χ0) is 11.8.